The Hall–Kier alpha value is -1.68. The molecular weight excluding hydrogens is 217 g/mol. The summed E-state index contributed by atoms with van der Waals surface area (Å²) in [6.07, 6.45) is 3.62. The molecule has 2 N–H and O–H groups in total. The molecule has 0 aliphatic rings. The van der Waals surface area contributed by atoms with Crippen LogP contribution in [0.4, 0.5) is 4.39 Å². The van der Waals surface area contributed by atoms with E-state index in [0.29, 0.717) is 0 Å². The van der Waals surface area contributed by atoms with E-state index in [-0.39, 0.29) is 11.9 Å². The van der Waals surface area contributed by atoms with Crippen LogP contribution in [0.15, 0.2) is 30.6 Å². The van der Waals surface area contributed by atoms with Gasteiger partial charge in [-0.25, -0.2) is 4.39 Å². The summed E-state index contributed by atoms with van der Waals surface area (Å²) in [6.45, 7) is 4.66. The summed E-state index contributed by atoms with van der Waals surface area (Å²) in [5.74, 6) is -0.252. The zero-order valence-corrected chi connectivity index (χ0v) is 10.0. The monoisotopic (exact) mass is 233 g/mol. The minimum Gasteiger partial charge on any atom is -0.320 e. The average Bonchev–Trinajstić information content (AvgIpc) is 2.75. The molecule has 0 fully saturated rings. The highest BCUT2D eigenvalue weighted by atomic mass is 19.1. The molecule has 0 amide bonds. The smallest absolute Gasteiger partial charge is 0.123 e. The lowest BCUT2D eigenvalue weighted by Crippen LogP contribution is -2.11. The quantitative estimate of drug-likeness (QED) is 0.884. The molecule has 1 aromatic carbocycles. The third kappa shape index (κ3) is 2.53. The van der Waals surface area contributed by atoms with Gasteiger partial charge in [-0.1, -0.05) is 6.07 Å². The van der Waals surface area contributed by atoms with Gasteiger partial charge in [0.25, 0.3) is 0 Å². The Bertz CT molecular complexity index is 499. The van der Waals surface area contributed by atoms with Crippen molar-refractivity contribution in [3.8, 4) is 0 Å². The zero-order valence-electron chi connectivity index (χ0n) is 10.0. The Morgan fingerprint density at radius 3 is 2.71 bits per heavy atom. The maximum atomic E-state index is 13.3. The van der Waals surface area contributed by atoms with Crippen LogP contribution in [0.2, 0.25) is 0 Å². The van der Waals surface area contributed by atoms with Crippen molar-refractivity contribution in [1.29, 1.82) is 0 Å². The fraction of sp³-hybridized carbons (Fsp3) is 0.308. The Kier molecular flexibility index (Phi) is 3.24. The zero-order chi connectivity index (χ0) is 12.4. The van der Waals surface area contributed by atoms with E-state index >= 15 is 0 Å². The summed E-state index contributed by atoms with van der Waals surface area (Å²) in [4.78, 5) is 0. The van der Waals surface area contributed by atoms with Gasteiger partial charge in [-0.15, -0.1) is 0 Å². The van der Waals surface area contributed by atoms with Gasteiger partial charge in [-0.2, -0.15) is 5.10 Å². The van der Waals surface area contributed by atoms with E-state index in [9.17, 15) is 4.39 Å². The third-order valence-corrected chi connectivity index (χ3v) is 2.76. The van der Waals surface area contributed by atoms with Gasteiger partial charge in [0.05, 0.1) is 12.2 Å². The predicted molar refractivity (Wildman–Crippen MR) is 65.1 cm³/mol. The molecule has 17 heavy (non-hydrogen) atoms. The molecule has 1 atom stereocenters. The van der Waals surface area contributed by atoms with Crippen LogP contribution >= 0.6 is 0 Å². The van der Waals surface area contributed by atoms with Gasteiger partial charge in [0.15, 0.2) is 0 Å². The van der Waals surface area contributed by atoms with Crippen molar-refractivity contribution in [3.05, 3.63) is 53.1 Å². The molecule has 0 saturated carbocycles. The van der Waals surface area contributed by atoms with Crippen LogP contribution < -0.4 is 5.73 Å². The molecule has 0 bridgehead atoms. The number of aromatic nitrogens is 2. The largest absolute Gasteiger partial charge is 0.320 e. The Balaban J connectivity index is 2.32. The van der Waals surface area contributed by atoms with Crippen molar-refractivity contribution in [2.45, 2.75) is 26.4 Å². The summed E-state index contributed by atoms with van der Waals surface area (Å²) in [5.41, 5.74) is 8.65. The number of rotatable bonds is 3. The highest BCUT2D eigenvalue weighted by Crippen LogP contribution is 2.21. The number of hydrogen-bond acceptors (Lipinski definition) is 2. The van der Waals surface area contributed by atoms with Gasteiger partial charge in [0, 0.05) is 18.3 Å². The third-order valence-electron chi connectivity index (χ3n) is 2.76. The van der Waals surface area contributed by atoms with E-state index in [0.717, 1.165) is 23.2 Å². The standard InChI is InChI=1S/C13H16FN3/c1-3-17-8-11(7-16-17)13(15)10-4-9(2)5-12(14)6-10/h4-8,13H,3,15H2,1-2H3. The Morgan fingerprint density at radius 2 is 2.12 bits per heavy atom. The summed E-state index contributed by atoms with van der Waals surface area (Å²) in [5, 5.41) is 4.17. The van der Waals surface area contributed by atoms with Crippen molar-refractivity contribution in [2.24, 2.45) is 5.73 Å². The molecule has 2 aromatic rings. The highest BCUT2D eigenvalue weighted by molar-refractivity contribution is 5.32. The first-order chi connectivity index (χ1) is 8.10. The first kappa shape index (κ1) is 11.8. The van der Waals surface area contributed by atoms with Gasteiger partial charge in [0.1, 0.15) is 5.82 Å². The lowest BCUT2D eigenvalue weighted by atomic mass is 10.0. The maximum Gasteiger partial charge on any atom is 0.123 e. The van der Waals surface area contributed by atoms with E-state index in [4.69, 9.17) is 5.73 Å². The number of halogens is 1. The van der Waals surface area contributed by atoms with Crippen molar-refractivity contribution in [3.63, 3.8) is 0 Å². The summed E-state index contributed by atoms with van der Waals surface area (Å²) >= 11 is 0. The van der Waals surface area contributed by atoms with Crippen molar-refractivity contribution < 1.29 is 4.39 Å². The Labute approximate surface area is 100 Å². The molecule has 1 aromatic heterocycles. The van der Waals surface area contributed by atoms with Crippen molar-refractivity contribution in [2.75, 3.05) is 0 Å². The van der Waals surface area contributed by atoms with Crippen LogP contribution in [0.1, 0.15) is 29.7 Å². The second kappa shape index (κ2) is 4.67. The van der Waals surface area contributed by atoms with E-state index in [1.807, 2.05) is 26.1 Å². The number of nitrogens with two attached hydrogens (primary N) is 1. The average molecular weight is 233 g/mol. The van der Waals surface area contributed by atoms with Gasteiger partial charge < -0.3 is 5.73 Å². The number of nitrogens with zero attached hydrogens (tertiary/aromatic N) is 2. The topological polar surface area (TPSA) is 43.8 Å². The van der Waals surface area contributed by atoms with Crippen LogP contribution in [0.25, 0.3) is 0 Å². The first-order valence-electron chi connectivity index (χ1n) is 5.65. The lowest BCUT2D eigenvalue weighted by molar-refractivity contribution is 0.622. The second-order valence-corrected chi connectivity index (χ2v) is 4.17. The van der Waals surface area contributed by atoms with E-state index in [1.54, 1.807) is 10.9 Å². The lowest BCUT2D eigenvalue weighted by Gasteiger charge is -2.11. The molecule has 0 saturated heterocycles. The van der Waals surface area contributed by atoms with Crippen molar-refractivity contribution >= 4 is 0 Å². The fourth-order valence-corrected chi connectivity index (χ4v) is 1.85. The molecule has 90 valence electrons. The van der Waals surface area contributed by atoms with E-state index in [2.05, 4.69) is 5.10 Å². The van der Waals surface area contributed by atoms with Gasteiger partial charge in [-0.05, 0) is 37.1 Å². The first-order valence-corrected chi connectivity index (χ1v) is 5.65. The molecule has 0 aliphatic heterocycles. The molecular formula is C13H16FN3. The molecule has 1 heterocycles. The summed E-state index contributed by atoms with van der Waals surface area (Å²) in [7, 11) is 0. The maximum absolute atomic E-state index is 13.3. The number of benzene rings is 1. The van der Waals surface area contributed by atoms with Crippen LogP contribution in [0.3, 0.4) is 0 Å². The van der Waals surface area contributed by atoms with Gasteiger partial charge in [-0.3, -0.25) is 4.68 Å². The van der Waals surface area contributed by atoms with Crippen LogP contribution in [-0.2, 0) is 6.54 Å². The molecule has 2 rings (SSSR count). The van der Waals surface area contributed by atoms with Crippen LogP contribution in [-0.4, -0.2) is 9.78 Å². The molecule has 0 spiro atoms. The second-order valence-electron chi connectivity index (χ2n) is 4.17. The van der Waals surface area contributed by atoms with E-state index in [1.165, 1.54) is 12.1 Å². The van der Waals surface area contributed by atoms with Crippen molar-refractivity contribution in [1.82, 2.24) is 9.78 Å². The minimum absolute atomic E-state index is 0.252. The number of hydrogen-bond donors (Lipinski definition) is 1. The highest BCUT2D eigenvalue weighted by Gasteiger charge is 2.12. The molecule has 0 radical (unpaired) electrons. The minimum atomic E-state index is -0.329. The molecule has 3 nitrogen and oxygen atoms in total. The Morgan fingerprint density at radius 1 is 1.35 bits per heavy atom. The van der Waals surface area contributed by atoms with Gasteiger partial charge >= 0.3 is 0 Å². The number of aryl methyl sites for hydroxylation is 2. The van der Waals surface area contributed by atoms with Crippen LogP contribution in [0, 0.1) is 12.7 Å². The summed E-state index contributed by atoms with van der Waals surface area (Å²) in [6, 6.07) is 4.54. The summed E-state index contributed by atoms with van der Waals surface area (Å²) < 4.78 is 15.1. The van der Waals surface area contributed by atoms with Crippen LogP contribution in [0.5, 0.6) is 0 Å². The van der Waals surface area contributed by atoms with E-state index < -0.39 is 0 Å². The normalized spacial score (nSPS) is 12.7. The molecule has 4 heteroatoms. The predicted octanol–water partition coefficient (Wildman–Crippen LogP) is 2.40. The fourth-order valence-electron chi connectivity index (χ4n) is 1.85. The van der Waals surface area contributed by atoms with Gasteiger partial charge in [0.2, 0.25) is 0 Å². The molecule has 0 aliphatic carbocycles. The SMILES string of the molecule is CCn1cc(C(N)c2cc(C)cc(F)c2)cn1. The molecule has 1 unspecified atom stereocenters.